The molecule has 1 atom stereocenters. The van der Waals surface area contributed by atoms with Gasteiger partial charge in [-0.25, -0.2) is 0 Å². The van der Waals surface area contributed by atoms with Crippen LogP contribution in [0.15, 0.2) is 16.9 Å². The normalized spacial score (nSPS) is 14.8. The van der Waals surface area contributed by atoms with E-state index < -0.39 is 12.2 Å². The molecule has 0 bridgehead atoms. The molecule has 1 rings (SSSR count). The van der Waals surface area contributed by atoms with Gasteiger partial charge < -0.3 is 10.7 Å². The van der Waals surface area contributed by atoms with Crippen molar-refractivity contribution in [1.82, 2.24) is 4.98 Å². The van der Waals surface area contributed by atoms with Crippen LogP contribution < -0.4 is 5.73 Å². The number of H-pyrrole nitrogens is 1. The summed E-state index contributed by atoms with van der Waals surface area (Å²) in [5.74, 6) is 0. The first-order valence-corrected chi connectivity index (χ1v) is 3.87. The Bertz CT molecular complexity index is 268. The Hall–Kier alpha value is -0.490. The fraction of sp³-hybridized carbons (Fsp3) is 0.333. The third-order valence-electron chi connectivity index (χ3n) is 1.41. The lowest BCUT2D eigenvalue weighted by Gasteiger charge is -2.14. The van der Waals surface area contributed by atoms with Gasteiger partial charge in [0.1, 0.15) is 6.04 Å². The van der Waals surface area contributed by atoms with Gasteiger partial charge in [-0.2, -0.15) is 13.2 Å². The maximum absolute atomic E-state index is 12.0. The van der Waals surface area contributed by atoms with Crippen LogP contribution >= 0.6 is 15.9 Å². The van der Waals surface area contributed by atoms with Crippen molar-refractivity contribution in [3.8, 4) is 0 Å². The Morgan fingerprint density at radius 3 is 2.42 bits per heavy atom. The van der Waals surface area contributed by atoms with E-state index in [0.717, 1.165) is 0 Å². The predicted octanol–water partition coefficient (Wildman–Crippen LogP) is 2.34. The van der Waals surface area contributed by atoms with Crippen LogP contribution in [0.4, 0.5) is 13.2 Å². The van der Waals surface area contributed by atoms with E-state index in [0.29, 0.717) is 0 Å². The van der Waals surface area contributed by atoms with Crippen molar-refractivity contribution in [1.29, 1.82) is 0 Å². The molecule has 1 heterocycles. The number of rotatable bonds is 1. The SMILES string of the molecule is NC(c1cc[nH]c1Br)C(F)(F)F. The molecule has 12 heavy (non-hydrogen) atoms. The van der Waals surface area contributed by atoms with Gasteiger partial charge in [0, 0.05) is 11.8 Å². The second-order valence-corrected chi connectivity index (χ2v) is 3.06. The van der Waals surface area contributed by atoms with Crippen LogP contribution in [0.25, 0.3) is 0 Å². The van der Waals surface area contributed by atoms with Gasteiger partial charge in [0.15, 0.2) is 0 Å². The number of alkyl halides is 3. The van der Waals surface area contributed by atoms with E-state index in [1.54, 1.807) is 0 Å². The number of nitrogens with two attached hydrogens (primary N) is 1. The fourth-order valence-corrected chi connectivity index (χ4v) is 1.29. The van der Waals surface area contributed by atoms with Gasteiger partial charge in [-0.15, -0.1) is 0 Å². The van der Waals surface area contributed by atoms with Crippen molar-refractivity contribution < 1.29 is 13.2 Å². The molecule has 1 unspecified atom stereocenters. The van der Waals surface area contributed by atoms with E-state index in [1.807, 2.05) is 0 Å². The summed E-state index contributed by atoms with van der Waals surface area (Å²) in [7, 11) is 0. The predicted molar refractivity (Wildman–Crippen MR) is 41.5 cm³/mol. The molecular formula is C6H6BrF3N2. The maximum atomic E-state index is 12.0. The molecule has 0 aliphatic carbocycles. The third-order valence-corrected chi connectivity index (χ3v) is 2.10. The van der Waals surface area contributed by atoms with Crippen LogP contribution in [0.3, 0.4) is 0 Å². The molecule has 3 N–H and O–H groups in total. The summed E-state index contributed by atoms with van der Waals surface area (Å²) in [6.07, 6.45) is -3.00. The van der Waals surface area contributed by atoms with Crippen molar-refractivity contribution in [3.05, 3.63) is 22.4 Å². The first kappa shape index (κ1) is 9.60. The Kier molecular flexibility index (Phi) is 2.48. The molecule has 0 amide bonds. The zero-order valence-electron chi connectivity index (χ0n) is 5.82. The van der Waals surface area contributed by atoms with E-state index in [2.05, 4.69) is 20.9 Å². The van der Waals surface area contributed by atoms with Crippen LogP contribution in [0.1, 0.15) is 11.6 Å². The summed E-state index contributed by atoms with van der Waals surface area (Å²) in [5.41, 5.74) is 4.96. The van der Waals surface area contributed by atoms with Crippen LogP contribution in [-0.4, -0.2) is 11.2 Å². The minimum Gasteiger partial charge on any atom is -0.356 e. The smallest absolute Gasteiger partial charge is 0.356 e. The summed E-state index contributed by atoms with van der Waals surface area (Å²) in [6.45, 7) is 0. The Morgan fingerprint density at radius 2 is 2.08 bits per heavy atom. The lowest BCUT2D eigenvalue weighted by Crippen LogP contribution is -2.28. The molecule has 2 nitrogen and oxygen atoms in total. The zero-order chi connectivity index (χ0) is 9.35. The molecule has 0 radical (unpaired) electrons. The average Bonchev–Trinajstić information content (AvgIpc) is 2.31. The van der Waals surface area contributed by atoms with E-state index in [-0.39, 0.29) is 10.2 Å². The van der Waals surface area contributed by atoms with Gasteiger partial charge in [-0.05, 0) is 22.0 Å². The monoisotopic (exact) mass is 242 g/mol. The summed E-state index contributed by atoms with van der Waals surface area (Å²) in [5, 5.41) is 0. The number of hydrogen-bond acceptors (Lipinski definition) is 1. The van der Waals surface area contributed by atoms with Gasteiger partial charge in [-0.3, -0.25) is 0 Å². The number of aromatic amines is 1. The quantitative estimate of drug-likeness (QED) is 0.780. The van der Waals surface area contributed by atoms with Crippen LogP contribution in [0.2, 0.25) is 0 Å². The number of halogens is 4. The number of nitrogens with one attached hydrogen (secondary N) is 1. The average molecular weight is 243 g/mol. The lowest BCUT2D eigenvalue weighted by molar-refractivity contribution is -0.149. The highest BCUT2D eigenvalue weighted by Gasteiger charge is 2.39. The zero-order valence-corrected chi connectivity index (χ0v) is 7.41. The Balaban J connectivity index is 2.92. The molecule has 0 aromatic carbocycles. The molecule has 0 saturated heterocycles. The first-order valence-electron chi connectivity index (χ1n) is 3.08. The molecule has 0 spiro atoms. The fourth-order valence-electron chi connectivity index (χ4n) is 0.778. The molecule has 1 aromatic rings. The lowest BCUT2D eigenvalue weighted by atomic mass is 10.1. The molecule has 68 valence electrons. The topological polar surface area (TPSA) is 41.8 Å². The van der Waals surface area contributed by atoms with Crippen molar-refractivity contribution >= 4 is 15.9 Å². The Morgan fingerprint density at radius 1 is 1.50 bits per heavy atom. The van der Waals surface area contributed by atoms with E-state index in [1.165, 1.54) is 12.3 Å². The van der Waals surface area contributed by atoms with Gasteiger partial charge in [0.05, 0.1) is 4.60 Å². The molecule has 6 heteroatoms. The molecule has 1 aromatic heterocycles. The highest BCUT2D eigenvalue weighted by Crippen LogP contribution is 2.33. The highest BCUT2D eigenvalue weighted by atomic mass is 79.9. The van der Waals surface area contributed by atoms with Gasteiger partial charge in [-0.1, -0.05) is 0 Å². The van der Waals surface area contributed by atoms with Gasteiger partial charge >= 0.3 is 6.18 Å². The van der Waals surface area contributed by atoms with E-state index in [9.17, 15) is 13.2 Å². The van der Waals surface area contributed by atoms with Crippen molar-refractivity contribution in [3.63, 3.8) is 0 Å². The van der Waals surface area contributed by atoms with E-state index >= 15 is 0 Å². The van der Waals surface area contributed by atoms with Crippen molar-refractivity contribution in [2.24, 2.45) is 5.73 Å². The molecule has 0 aliphatic heterocycles. The molecule has 0 aliphatic rings. The van der Waals surface area contributed by atoms with Crippen molar-refractivity contribution in [2.45, 2.75) is 12.2 Å². The second kappa shape index (κ2) is 3.10. The van der Waals surface area contributed by atoms with E-state index in [4.69, 9.17) is 5.73 Å². The molecule has 0 fully saturated rings. The maximum Gasteiger partial charge on any atom is 0.407 e. The summed E-state index contributed by atoms with van der Waals surface area (Å²) in [4.78, 5) is 2.56. The minimum atomic E-state index is -4.40. The summed E-state index contributed by atoms with van der Waals surface area (Å²) >= 11 is 2.92. The van der Waals surface area contributed by atoms with Crippen molar-refractivity contribution in [2.75, 3.05) is 0 Å². The minimum absolute atomic E-state index is 0.0162. The Labute approximate surface area is 75.1 Å². The van der Waals surface area contributed by atoms with Crippen LogP contribution in [-0.2, 0) is 0 Å². The second-order valence-electron chi connectivity index (χ2n) is 2.27. The highest BCUT2D eigenvalue weighted by molar-refractivity contribution is 9.10. The molecular weight excluding hydrogens is 237 g/mol. The number of hydrogen-bond donors (Lipinski definition) is 2. The van der Waals surface area contributed by atoms with Gasteiger partial charge in [0.25, 0.3) is 0 Å². The standard InChI is InChI=1S/C6H6BrF3N2/c7-5-3(1-2-12-5)4(11)6(8,9)10/h1-2,4,12H,11H2. The van der Waals surface area contributed by atoms with Crippen LogP contribution in [0.5, 0.6) is 0 Å². The molecule has 0 saturated carbocycles. The van der Waals surface area contributed by atoms with Crippen LogP contribution in [0, 0.1) is 0 Å². The van der Waals surface area contributed by atoms with Gasteiger partial charge in [0.2, 0.25) is 0 Å². The summed E-state index contributed by atoms with van der Waals surface area (Å²) < 4.78 is 36.4. The first-order chi connectivity index (χ1) is 5.43. The largest absolute Gasteiger partial charge is 0.407 e. The summed E-state index contributed by atoms with van der Waals surface area (Å²) in [6, 6.07) is -0.638. The third kappa shape index (κ3) is 1.81. The number of aromatic nitrogens is 1.